The van der Waals surface area contributed by atoms with Crippen LogP contribution in [0.1, 0.15) is 17.2 Å². The van der Waals surface area contributed by atoms with Crippen LogP contribution in [0, 0.1) is 0 Å². The number of benzene rings is 2. The van der Waals surface area contributed by atoms with Gasteiger partial charge >= 0.3 is 5.97 Å². The molecule has 0 bridgehead atoms. The van der Waals surface area contributed by atoms with E-state index in [-0.39, 0.29) is 5.91 Å². The van der Waals surface area contributed by atoms with Gasteiger partial charge in [-0.15, -0.1) is 0 Å². The molecule has 1 atom stereocenters. The minimum Gasteiger partial charge on any atom is -0.497 e. The molecule has 0 radical (unpaired) electrons. The maximum Gasteiger partial charge on any atom is 0.333 e. The summed E-state index contributed by atoms with van der Waals surface area (Å²) in [4.78, 5) is 27.2. The summed E-state index contributed by atoms with van der Waals surface area (Å²) in [6.45, 7) is 0. The van der Waals surface area contributed by atoms with Crippen LogP contribution in [0.3, 0.4) is 0 Å². The molecular weight excluding hydrogens is 382 g/mol. The van der Waals surface area contributed by atoms with E-state index in [0.717, 1.165) is 11.3 Å². The molecule has 3 rings (SSSR count). The minimum absolute atomic E-state index is 0.319. The number of thiocarbonyl (C=S) groups is 1. The van der Waals surface area contributed by atoms with E-state index in [1.807, 2.05) is 30.3 Å². The van der Waals surface area contributed by atoms with Gasteiger partial charge < -0.3 is 9.47 Å². The number of ether oxygens (including phenoxy) is 2. The molecule has 0 saturated carbocycles. The van der Waals surface area contributed by atoms with Gasteiger partial charge in [0.2, 0.25) is 0 Å². The van der Waals surface area contributed by atoms with Crippen molar-refractivity contribution in [1.82, 2.24) is 4.90 Å². The maximum atomic E-state index is 13.0. The highest BCUT2D eigenvalue weighted by molar-refractivity contribution is 8.26. The van der Waals surface area contributed by atoms with Crippen LogP contribution in [-0.2, 0) is 14.3 Å². The van der Waals surface area contributed by atoms with Crippen LogP contribution in [0.15, 0.2) is 59.5 Å². The number of hydrogen-bond acceptors (Lipinski definition) is 6. The van der Waals surface area contributed by atoms with Crippen molar-refractivity contribution in [3.05, 3.63) is 70.6 Å². The first kappa shape index (κ1) is 19.1. The number of rotatable bonds is 5. The highest BCUT2D eigenvalue weighted by Gasteiger charge is 2.41. The van der Waals surface area contributed by atoms with Gasteiger partial charge in [0.05, 0.1) is 19.1 Å². The Morgan fingerprint density at radius 3 is 2.37 bits per heavy atom. The molecule has 138 valence electrons. The Labute approximate surface area is 167 Å². The van der Waals surface area contributed by atoms with Crippen molar-refractivity contribution in [1.29, 1.82) is 0 Å². The van der Waals surface area contributed by atoms with Gasteiger partial charge in [0, 0.05) is 0 Å². The van der Waals surface area contributed by atoms with Gasteiger partial charge in [-0.25, -0.2) is 4.79 Å². The topological polar surface area (TPSA) is 55.8 Å². The molecule has 2 aromatic rings. The molecule has 1 amide bonds. The molecule has 1 aliphatic rings. The molecule has 27 heavy (non-hydrogen) atoms. The molecular formula is C20H17NO4S2. The van der Waals surface area contributed by atoms with E-state index < -0.39 is 12.0 Å². The van der Waals surface area contributed by atoms with Crippen LogP contribution in [0.4, 0.5) is 0 Å². The summed E-state index contributed by atoms with van der Waals surface area (Å²) in [6, 6.07) is 15.4. The second-order valence-electron chi connectivity index (χ2n) is 5.66. The average Bonchev–Trinajstić information content (AvgIpc) is 2.97. The number of esters is 1. The zero-order chi connectivity index (χ0) is 19.4. The first-order valence-corrected chi connectivity index (χ1v) is 9.31. The van der Waals surface area contributed by atoms with Gasteiger partial charge in [-0.2, -0.15) is 0 Å². The van der Waals surface area contributed by atoms with Crippen molar-refractivity contribution in [2.24, 2.45) is 0 Å². The number of thioether (sulfide) groups is 1. The summed E-state index contributed by atoms with van der Waals surface area (Å²) >= 11 is 6.56. The summed E-state index contributed by atoms with van der Waals surface area (Å²) in [5.41, 5.74) is 1.48. The number of amides is 1. The van der Waals surface area contributed by atoms with E-state index in [2.05, 4.69) is 0 Å². The number of methoxy groups -OCH3 is 2. The van der Waals surface area contributed by atoms with Gasteiger partial charge in [0.1, 0.15) is 10.1 Å². The fourth-order valence-corrected chi connectivity index (χ4v) is 4.00. The average molecular weight is 399 g/mol. The largest absolute Gasteiger partial charge is 0.497 e. The third-order valence-corrected chi connectivity index (χ3v) is 5.37. The molecule has 2 aromatic carbocycles. The van der Waals surface area contributed by atoms with E-state index in [1.165, 1.54) is 23.8 Å². The molecule has 0 N–H and O–H groups in total. The lowest BCUT2D eigenvalue weighted by Gasteiger charge is -2.24. The van der Waals surface area contributed by atoms with Crippen molar-refractivity contribution < 1.29 is 19.1 Å². The smallest absolute Gasteiger partial charge is 0.333 e. The summed E-state index contributed by atoms with van der Waals surface area (Å²) in [5.74, 6) is -0.127. The van der Waals surface area contributed by atoms with Crippen LogP contribution in [0.5, 0.6) is 5.75 Å². The molecule has 1 heterocycles. The van der Waals surface area contributed by atoms with Crippen LogP contribution in [-0.4, -0.2) is 35.3 Å². The third kappa shape index (κ3) is 4.04. The molecule has 7 heteroatoms. The summed E-state index contributed by atoms with van der Waals surface area (Å²) in [7, 11) is 2.89. The number of hydrogen-bond donors (Lipinski definition) is 0. The second kappa shape index (κ2) is 8.37. The summed E-state index contributed by atoms with van der Waals surface area (Å²) < 4.78 is 10.4. The predicted octanol–water partition coefficient (Wildman–Crippen LogP) is 3.81. The van der Waals surface area contributed by atoms with E-state index in [1.54, 1.807) is 37.5 Å². The number of nitrogens with zero attached hydrogens (tertiary/aromatic N) is 1. The first-order chi connectivity index (χ1) is 13.0. The Morgan fingerprint density at radius 2 is 1.78 bits per heavy atom. The zero-order valence-corrected chi connectivity index (χ0v) is 16.4. The Morgan fingerprint density at radius 1 is 1.11 bits per heavy atom. The highest BCUT2D eigenvalue weighted by atomic mass is 32.2. The molecule has 1 aliphatic heterocycles. The van der Waals surface area contributed by atoms with E-state index in [0.29, 0.717) is 14.8 Å². The van der Waals surface area contributed by atoms with Crippen molar-refractivity contribution in [2.45, 2.75) is 6.04 Å². The Hall–Kier alpha value is -2.64. The normalized spacial score (nSPS) is 16.5. The molecule has 1 saturated heterocycles. The van der Waals surface area contributed by atoms with Gasteiger partial charge in [-0.3, -0.25) is 9.69 Å². The van der Waals surface area contributed by atoms with Crippen molar-refractivity contribution >= 4 is 46.3 Å². The van der Waals surface area contributed by atoms with Crippen LogP contribution in [0.2, 0.25) is 0 Å². The number of carbonyl (C=O) groups is 2. The summed E-state index contributed by atoms with van der Waals surface area (Å²) in [6.07, 6.45) is 1.75. The Bertz CT molecular complexity index is 894. The predicted molar refractivity (Wildman–Crippen MR) is 109 cm³/mol. The lowest BCUT2D eigenvalue weighted by atomic mass is 10.1. The second-order valence-corrected chi connectivity index (χ2v) is 7.34. The van der Waals surface area contributed by atoms with Gasteiger partial charge in [0.25, 0.3) is 5.91 Å². The maximum absolute atomic E-state index is 13.0. The molecule has 1 fully saturated rings. The van der Waals surface area contributed by atoms with E-state index >= 15 is 0 Å². The monoisotopic (exact) mass is 399 g/mol. The zero-order valence-electron chi connectivity index (χ0n) is 14.7. The van der Waals surface area contributed by atoms with E-state index in [9.17, 15) is 9.59 Å². The third-order valence-electron chi connectivity index (χ3n) is 4.04. The van der Waals surface area contributed by atoms with Gasteiger partial charge in [-0.05, 0) is 29.3 Å². The van der Waals surface area contributed by atoms with Crippen molar-refractivity contribution in [2.75, 3.05) is 14.2 Å². The minimum atomic E-state index is -0.912. The highest BCUT2D eigenvalue weighted by Crippen LogP contribution is 2.38. The van der Waals surface area contributed by atoms with Crippen LogP contribution < -0.4 is 4.74 Å². The standard InChI is InChI=1S/C20H17NO4S2/c1-24-15-10-8-13(9-11-15)12-16-18(22)21(20(26)27-16)17(19(23)25-2)14-6-4-3-5-7-14/h3-12,17H,1-2H3/b16-12-. The van der Waals surface area contributed by atoms with Gasteiger partial charge in [-0.1, -0.05) is 66.4 Å². The fourth-order valence-electron chi connectivity index (χ4n) is 2.69. The van der Waals surface area contributed by atoms with E-state index in [4.69, 9.17) is 21.7 Å². The Balaban J connectivity index is 1.93. The van der Waals surface area contributed by atoms with Gasteiger partial charge in [0.15, 0.2) is 6.04 Å². The van der Waals surface area contributed by atoms with Crippen LogP contribution in [0.25, 0.3) is 6.08 Å². The molecule has 1 unspecified atom stereocenters. The number of carbonyl (C=O) groups excluding carboxylic acids is 2. The fraction of sp³-hybridized carbons (Fsp3) is 0.150. The van der Waals surface area contributed by atoms with Crippen molar-refractivity contribution in [3.8, 4) is 5.75 Å². The quantitative estimate of drug-likeness (QED) is 0.433. The molecule has 5 nitrogen and oxygen atoms in total. The summed E-state index contributed by atoms with van der Waals surface area (Å²) in [5, 5.41) is 0. The lowest BCUT2D eigenvalue weighted by molar-refractivity contribution is -0.148. The molecule has 0 aliphatic carbocycles. The first-order valence-electron chi connectivity index (χ1n) is 8.09. The SMILES string of the molecule is COC(=O)C(c1ccccc1)N1C(=O)/C(=C/c2ccc(OC)cc2)SC1=S. The van der Waals surface area contributed by atoms with Crippen LogP contribution >= 0.6 is 24.0 Å². The molecule has 0 aromatic heterocycles. The lowest BCUT2D eigenvalue weighted by Crippen LogP contribution is -2.37. The molecule has 0 spiro atoms. The Kier molecular flexibility index (Phi) is 5.93. The van der Waals surface area contributed by atoms with Crippen molar-refractivity contribution in [3.63, 3.8) is 0 Å².